The molecule has 1 heterocycles. The van der Waals surface area contributed by atoms with Crippen LogP contribution in [0.4, 0.5) is 4.39 Å². The normalized spacial score (nSPS) is 10.7. The topological polar surface area (TPSA) is 102 Å². The van der Waals surface area contributed by atoms with Crippen LogP contribution in [0.25, 0.3) is 5.69 Å². The highest BCUT2D eigenvalue weighted by atomic mass is 35.5. The predicted octanol–water partition coefficient (Wildman–Crippen LogP) is 1.73. The molecule has 1 aromatic heterocycles. The maximum absolute atomic E-state index is 14.5. The second-order valence-electron chi connectivity index (χ2n) is 5.92. The quantitative estimate of drug-likeness (QED) is 0.258. The lowest BCUT2D eigenvalue weighted by atomic mass is 10.2. The van der Waals surface area contributed by atoms with Crippen molar-refractivity contribution in [2.45, 2.75) is 6.42 Å². The molecule has 1 aromatic carbocycles. The van der Waals surface area contributed by atoms with E-state index >= 15 is 0 Å². The van der Waals surface area contributed by atoms with Crippen molar-refractivity contribution in [1.29, 1.82) is 0 Å². The Balaban J connectivity index is 2.42. The van der Waals surface area contributed by atoms with Gasteiger partial charge in [0.05, 0.1) is 22.9 Å². The molecule has 0 atom stereocenters. The minimum absolute atomic E-state index is 0.0589. The molecule has 0 aliphatic carbocycles. The van der Waals surface area contributed by atoms with Crippen LogP contribution in [0.3, 0.4) is 0 Å². The van der Waals surface area contributed by atoms with Crippen molar-refractivity contribution in [3.05, 3.63) is 54.3 Å². The summed E-state index contributed by atoms with van der Waals surface area (Å²) >= 11 is 16.3. The smallest absolute Gasteiger partial charge is 0.344 e. The Hall–Kier alpha value is -2.50. The van der Waals surface area contributed by atoms with Crippen LogP contribution in [0, 0.1) is 10.6 Å². The molecule has 162 valence electrons. The summed E-state index contributed by atoms with van der Waals surface area (Å²) in [7, 11) is 2.61. The average Bonchev–Trinajstić information content (AvgIpc) is 2.70. The monoisotopic (exact) mass is 479 g/mol. The third-order valence-electron chi connectivity index (χ3n) is 3.89. The SMILES string of the molecule is Cn1c(=S)n(C)c(=O)n(-c2cc(C(=O)OCC(=O)OCCCCl)c(Cl)cc2F)c1=O. The first-order valence-corrected chi connectivity index (χ1v) is 9.69. The number of hydrogen-bond acceptors (Lipinski definition) is 7. The Morgan fingerprint density at radius 2 is 1.73 bits per heavy atom. The fourth-order valence-electron chi connectivity index (χ4n) is 2.33. The van der Waals surface area contributed by atoms with E-state index in [1.165, 1.54) is 14.1 Å². The molecule has 30 heavy (non-hydrogen) atoms. The third kappa shape index (κ3) is 4.97. The molecule has 0 aliphatic rings. The van der Waals surface area contributed by atoms with E-state index in [4.69, 9.17) is 44.9 Å². The van der Waals surface area contributed by atoms with Crippen LogP contribution in [-0.4, -0.2) is 44.7 Å². The number of esters is 2. The van der Waals surface area contributed by atoms with Crippen LogP contribution in [0.1, 0.15) is 16.8 Å². The number of carbonyl (C=O) groups is 2. The van der Waals surface area contributed by atoms with E-state index in [1.807, 2.05) is 0 Å². The molecule has 0 saturated heterocycles. The second-order valence-corrected chi connectivity index (χ2v) is 7.07. The fourth-order valence-corrected chi connectivity index (χ4v) is 2.82. The summed E-state index contributed by atoms with van der Waals surface area (Å²) in [5, 5.41) is -0.342. The lowest BCUT2D eigenvalue weighted by molar-refractivity contribution is -0.147. The molecule has 0 saturated carbocycles. The van der Waals surface area contributed by atoms with Crippen LogP contribution in [-0.2, 0) is 28.4 Å². The summed E-state index contributed by atoms with van der Waals surface area (Å²) in [5.74, 6) is -2.63. The van der Waals surface area contributed by atoms with E-state index in [1.54, 1.807) is 0 Å². The average molecular weight is 480 g/mol. The number of carbonyl (C=O) groups excluding carboxylic acids is 2. The van der Waals surface area contributed by atoms with Crippen molar-refractivity contribution in [1.82, 2.24) is 13.7 Å². The van der Waals surface area contributed by atoms with Crippen molar-refractivity contribution < 1.29 is 23.5 Å². The Morgan fingerprint density at radius 1 is 1.13 bits per heavy atom. The van der Waals surface area contributed by atoms with Gasteiger partial charge in [-0.15, -0.1) is 11.6 Å². The van der Waals surface area contributed by atoms with Gasteiger partial charge in [-0.3, -0.25) is 9.13 Å². The van der Waals surface area contributed by atoms with Gasteiger partial charge in [0.2, 0.25) is 0 Å². The van der Waals surface area contributed by atoms with E-state index in [0.29, 0.717) is 16.9 Å². The standard InChI is InChI=1S/C17H16Cl2FN3O6S/c1-21-15(26)23(16(27)22(2)17(21)30)12-6-9(10(19)7-11(12)20)14(25)29-8-13(24)28-5-3-4-18/h6-7H,3-5,8H2,1-2H3. The minimum atomic E-state index is -1.08. The molecule has 0 aliphatic heterocycles. The highest BCUT2D eigenvalue weighted by Crippen LogP contribution is 2.23. The lowest BCUT2D eigenvalue weighted by Crippen LogP contribution is -2.43. The van der Waals surface area contributed by atoms with Gasteiger partial charge in [0, 0.05) is 20.0 Å². The predicted molar refractivity (Wildman–Crippen MR) is 109 cm³/mol. The van der Waals surface area contributed by atoms with E-state index in [-0.39, 0.29) is 22.0 Å². The molecule has 0 spiro atoms. The summed E-state index contributed by atoms with van der Waals surface area (Å²) in [4.78, 5) is 48.8. The molecule has 13 heteroatoms. The highest BCUT2D eigenvalue weighted by molar-refractivity contribution is 7.71. The number of alkyl halides is 1. The van der Waals surface area contributed by atoms with Gasteiger partial charge in [-0.1, -0.05) is 11.6 Å². The van der Waals surface area contributed by atoms with Gasteiger partial charge in [0.1, 0.15) is 5.82 Å². The summed E-state index contributed by atoms with van der Waals surface area (Å²) in [6.45, 7) is -0.658. The van der Waals surface area contributed by atoms with Gasteiger partial charge >= 0.3 is 23.3 Å². The number of aromatic nitrogens is 3. The molecule has 9 nitrogen and oxygen atoms in total. The fraction of sp³-hybridized carbons (Fsp3) is 0.353. The van der Waals surface area contributed by atoms with Gasteiger partial charge in [-0.05, 0) is 30.8 Å². The maximum Gasteiger partial charge on any atom is 0.344 e. The molecule has 0 radical (unpaired) electrons. The lowest BCUT2D eigenvalue weighted by Gasteiger charge is -2.13. The van der Waals surface area contributed by atoms with Crippen LogP contribution in [0.2, 0.25) is 5.02 Å². The second kappa shape index (κ2) is 10.0. The minimum Gasteiger partial charge on any atom is -0.463 e. The highest BCUT2D eigenvalue weighted by Gasteiger charge is 2.21. The van der Waals surface area contributed by atoms with E-state index in [0.717, 1.165) is 21.3 Å². The van der Waals surface area contributed by atoms with Crippen molar-refractivity contribution in [2.24, 2.45) is 14.1 Å². The Kier molecular flexibility index (Phi) is 7.93. The molecular weight excluding hydrogens is 464 g/mol. The number of benzene rings is 1. The van der Waals surface area contributed by atoms with E-state index < -0.39 is 41.4 Å². The van der Waals surface area contributed by atoms with Gasteiger partial charge < -0.3 is 9.47 Å². The zero-order chi connectivity index (χ0) is 22.6. The largest absolute Gasteiger partial charge is 0.463 e. The Labute approximate surface area is 184 Å². The Bertz CT molecular complexity index is 1130. The zero-order valence-corrected chi connectivity index (χ0v) is 18.1. The van der Waals surface area contributed by atoms with Crippen molar-refractivity contribution in [3.63, 3.8) is 0 Å². The van der Waals surface area contributed by atoms with Crippen LogP contribution in [0.5, 0.6) is 0 Å². The molecule has 0 amide bonds. The van der Waals surface area contributed by atoms with Crippen LogP contribution >= 0.6 is 35.4 Å². The van der Waals surface area contributed by atoms with E-state index in [2.05, 4.69) is 0 Å². The number of hydrogen-bond donors (Lipinski definition) is 0. The first kappa shape index (κ1) is 23.8. The molecule has 2 aromatic rings. The molecule has 0 fully saturated rings. The first-order valence-electron chi connectivity index (χ1n) is 8.37. The maximum atomic E-state index is 14.5. The Morgan fingerprint density at radius 3 is 2.30 bits per heavy atom. The molecule has 0 unspecified atom stereocenters. The van der Waals surface area contributed by atoms with Crippen molar-refractivity contribution in [3.8, 4) is 5.69 Å². The number of rotatable bonds is 7. The summed E-state index contributed by atoms with van der Waals surface area (Å²) in [6, 6.07) is 1.63. The zero-order valence-electron chi connectivity index (χ0n) is 15.8. The van der Waals surface area contributed by atoms with E-state index in [9.17, 15) is 23.6 Å². The van der Waals surface area contributed by atoms with Gasteiger partial charge in [0.25, 0.3) is 0 Å². The molecular formula is C17H16Cl2FN3O6S. The number of nitrogens with zero attached hydrogens (tertiary/aromatic N) is 3. The number of ether oxygens (including phenoxy) is 2. The van der Waals surface area contributed by atoms with Gasteiger partial charge in [-0.25, -0.2) is 28.1 Å². The summed E-state index contributed by atoms with van der Waals surface area (Å²) < 4.78 is 26.5. The third-order valence-corrected chi connectivity index (χ3v) is 5.02. The van der Waals surface area contributed by atoms with Gasteiger partial charge in [-0.2, -0.15) is 0 Å². The number of halogens is 3. The molecule has 2 rings (SSSR count). The first-order chi connectivity index (χ1) is 14.1. The van der Waals surface area contributed by atoms with Crippen molar-refractivity contribution in [2.75, 3.05) is 19.1 Å². The summed E-state index contributed by atoms with van der Waals surface area (Å²) in [5.41, 5.74) is -2.74. The van der Waals surface area contributed by atoms with Crippen LogP contribution in [0.15, 0.2) is 21.7 Å². The van der Waals surface area contributed by atoms with Crippen LogP contribution < -0.4 is 11.4 Å². The molecule has 0 N–H and O–H groups in total. The summed E-state index contributed by atoms with van der Waals surface area (Å²) in [6.07, 6.45) is 0.429. The molecule has 0 bridgehead atoms. The van der Waals surface area contributed by atoms with Crippen molar-refractivity contribution >= 4 is 47.4 Å². The van der Waals surface area contributed by atoms with Gasteiger partial charge in [0.15, 0.2) is 11.4 Å².